The molecule has 1 saturated heterocycles. The van der Waals surface area contributed by atoms with E-state index in [0.717, 1.165) is 4.90 Å². The first-order valence-electron chi connectivity index (χ1n) is 8.51. The Labute approximate surface area is 155 Å². The van der Waals surface area contributed by atoms with Gasteiger partial charge in [-0.1, -0.05) is 6.07 Å². The predicted octanol–water partition coefficient (Wildman–Crippen LogP) is 2.98. The zero-order valence-corrected chi connectivity index (χ0v) is 15.0. The maximum atomic E-state index is 13.8. The van der Waals surface area contributed by atoms with Crippen LogP contribution in [0.25, 0.3) is 0 Å². The van der Waals surface area contributed by atoms with Gasteiger partial charge < -0.3 is 10.1 Å². The number of methoxy groups -OCH3 is 1. The first-order valence-corrected chi connectivity index (χ1v) is 8.51. The molecule has 7 heteroatoms. The molecule has 1 atom stereocenters. The van der Waals surface area contributed by atoms with Crippen molar-refractivity contribution in [2.45, 2.75) is 25.8 Å². The molecule has 3 amide bonds. The third kappa shape index (κ3) is 3.81. The summed E-state index contributed by atoms with van der Waals surface area (Å²) in [7, 11) is 1.39. The smallest absolute Gasteiger partial charge is 0.251 e. The van der Waals surface area contributed by atoms with Crippen LogP contribution in [0.4, 0.5) is 10.1 Å². The zero-order valence-electron chi connectivity index (χ0n) is 15.0. The van der Waals surface area contributed by atoms with Crippen LogP contribution in [0.3, 0.4) is 0 Å². The highest BCUT2D eigenvalue weighted by Gasteiger charge is 2.30. The zero-order chi connectivity index (χ0) is 19.6. The Morgan fingerprint density at radius 1 is 1.11 bits per heavy atom. The normalized spacial score (nSPS) is 15.0. The number of halogens is 1. The maximum absolute atomic E-state index is 13.8. The van der Waals surface area contributed by atoms with Gasteiger partial charge in [0, 0.05) is 18.4 Å². The fourth-order valence-electron chi connectivity index (χ4n) is 2.94. The molecule has 2 aromatic rings. The molecule has 1 heterocycles. The molecule has 0 aliphatic carbocycles. The lowest BCUT2D eigenvalue weighted by Gasteiger charge is -2.16. The van der Waals surface area contributed by atoms with E-state index in [4.69, 9.17) is 4.74 Å². The highest BCUT2D eigenvalue weighted by atomic mass is 19.1. The average Bonchev–Trinajstić information content (AvgIpc) is 3.00. The summed E-state index contributed by atoms with van der Waals surface area (Å²) in [4.78, 5) is 37.1. The van der Waals surface area contributed by atoms with Crippen LogP contribution in [0.5, 0.6) is 5.75 Å². The second-order valence-corrected chi connectivity index (χ2v) is 6.26. The van der Waals surface area contributed by atoms with Crippen molar-refractivity contribution in [2.24, 2.45) is 0 Å². The van der Waals surface area contributed by atoms with Crippen LogP contribution in [-0.4, -0.2) is 24.8 Å². The largest absolute Gasteiger partial charge is 0.494 e. The van der Waals surface area contributed by atoms with Crippen LogP contribution in [0.15, 0.2) is 42.5 Å². The summed E-state index contributed by atoms with van der Waals surface area (Å²) in [6.45, 7) is 1.75. The van der Waals surface area contributed by atoms with Crippen molar-refractivity contribution in [3.05, 3.63) is 59.4 Å². The Balaban J connectivity index is 1.70. The number of nitrogens with zero attached hydrogens (tertiary/aromatic N) is 1. The fraction of sp³-hybridized carbons (Fsp3) is 0.250. The van der Waals surface area contributed by atoms with Gasteiger partial charge in [-0.2, -0.15) is 0 Å². The van der Waals surface area contributed by atoms with Gasteiger partial charge in [0.15, 0.2) is 11.6 Å². The van der Waals surface area contributed by atoms with E-state index < -0.39 is 11.9 Å². The molecule has 0 radical (unpaired) electrons. The molecule has 1 aliphatic heterocycles. The highest BCUT2D eigenvalue weighted by Crippen LogP contribution is 2.24. The van der Waals surface area contributed by atoms with Gasteiger partial charge in [-0.3, -0.25) is 19.3 Å². The first-order chi connectivity index (χ1) is 12.9. The van der Waals surface area contributed by atoms with Gasteiger partial charge in [-0.15, -0.1) is 0 Å². The third-order valence-electron chi connectivity index (χ3n) is 4.46. The third-order valence-corrected chi connectivity index (χ3v) is 4.46. The Kier molecular flexibility index (Phi) is 5.21. The number of hydrogen-bond acceptors (Lipinski definition) is 4. The number of carbonyl (C=O) groups excluding carboxylic acids is 3. The first kappa shape index (κ1) is 18.6. The molecule has 0 bridgehead atoms. The molecule has 0 saturated carbocycles. The monoisotopic (exact) mass is 370 g/mol. The number of hydrogen-bond donors (Lipinski definition) is 1. The number of nitrogens with one attached hydrogen (secondary N) is 1. The van der Waals surface area contributed by atoms with E-state index >= 15 is 0 Å². The van der Waals surface area contributed by atoms with Gasteiger partial charge in [0.25, 0.3) is 5.91 Å². The lowest BCUT2D eigenvalue weighted by molar-refractivity contribution is -0.121. The number of anilines is 1. The Morgan fingerprint density at radius 3 is 2.30 bits per heavy atom. The maximum Gasteiger partial charge on any atom is 0.251 e. The minimum absolute atomic E-state index is 0.138. The summed E-state index contributed by atoms with van der Waals surface area (Å²) in [5, 5.41) is 2.79. The molecular weight excluding hydrogens is 351 g/mol. The molecule has 3 rings (SSSR count). The van der Waals surface area contributed by atoms with Crippen LogP contribution in [-0.2, 0) is 9.59 Å². The van der Waals surface area contributed by atoms with E-state index in [-0.39, 0.29) is 36.3 Å². The SMILES string of the molecule is COc1ccc(C(C)NC(=O)c2ccc(N3C(=O)CCC3=O)cc2)cc1F. The second-order valence-electron chi connectivity index (χ2n) is 6.26. The molecule has 1 unspecified atom stereocenters. The molecule has 0 spiro atoms. The summed E-state index contributed by atoms with van der Waals surface area (Å²) < 4.78 is 18.7. The van der Waals surface area contributed by atoms with Crippen molar-refractivity contribution in [3.63, 3.8) is 0 Å². The quantitative estimate of drug-likeness (QED) is 0.821. The Morgan fingerprint density at radius 2 is 1.74 bits per heavy atom. The Hall–Kier alpha value is -3.22. The van der Waals surface area contributed by atoms with Crippen molar-refractivity contribution in [1.82, 2.24) is 5.32 Å². The van der Waals surface area contributed by atoms with Gasteiger partial charge in [0.1, 0.15) is 0 Å². The van der Waals surface area contributed by atoms with Gasteiger partial charge in [-0.05, 0) is 48.9 Å². The number of rotatable bonds is 5. The van der Waals surface area contributed by atoms with Crippen molar-refractivity contribution in [2.75, 3.05) is 12.0 Å². The number of carbonyl (C=O) groups is 3. The molecule has 6 nitrogen and oxygen atoms in total. The van der Waals surface area contributed by atoms with E-state index in [1.54, 1.807) is 37.3 Å². The minimum atomic E-state index is -0.500. The van der Waals surface area contributed by atoms with E-state index in [1.807, 2.05) is 0 Å². The minimum Gasteiger partial charge on any atom is -0.494 e. The van der Waals surface area contributed by atoms with Crippen molar-refractivity contribution >= 4 is 23.4 Å². The number of imide groups is 1. The fourth-order valence-corrected chi connectivity index (χ4v) is 2.94. The lowest BCUT2D eigenvalue weighted by atomic mass is 10.1. The van der Waals surface area contributed by atoms with Crippen molar-refractivity contribution in [3.8, 4) is 5.75 Å². The Bertz CT molecular complexity index is 879. The summed E-state index contributed by atoms with van der Waals surface area (Å²) in [6, 6.07) is 10.3. The standard InChI is InChI=1S/C20H19FN2O4/c1-12(14-5-8-17(27-2)16(21)11-14)22-20(26)13-3-6-15(7-4-13)23-18(24)9-10-19(23)25/h3-8,11-12H,9-10H2,1-2H3,(H,22,26). The van der Waals surface area contributed by atoms with Crippen molar-refractivity contribution < 1.29 is 23.5 Å². The van der Waals surface area contributed by atoms with Crippen LogP contribution in [0.1, 0.15) is 41.7 Å². The molecule has 1 fully saturated rings. The molecule has 1 N–H and O–H groups in total. The summed E-state index contributed by atoms with van der Waals surface area (Å²) in [6.07, 6.45) is 0.411. The molecule has 2 aromatic carbocycles. The van der Waals surface area contributed by atoms with Crippen molar-refractivity contribution in [1.29, 1.82) is 0 Å². The topological polar surface area (TPSA) is 75.7 Å². The number of amides is 3. The van der Waals surface area contributed by atoms with Gasteiger partial charge >= 0.3 is 0 Å². The number of ether oxygens (including phenoxy) is 1. The van der Waals surface area contributed by atoms with Gasteiger partial charge in [0.05, 0.1) is 18.8 Å². The second kappa shape index (κ2) is 7.57. The van der Waals surface area contributed by atoms with E-state index in [2.05, 4.69) is 5.32 Å². The lowest BCUT2D eigenvalue weighted by Crippen LogP contribution is -2.29. The van der Waals surface area contributed by atoms with Crippen LogP contribution in [0, 0.1) is 5.82 Å². The van der Waals surface area contributed by atoms with Crippen LogP contribution in [0.2, 0.25) is 0 Å². The van der Waals surface area contributed by atoms with Crippen LogP contribution < -0.4 is 15.0 Å². The molecule has 27 heavy (non-hydrogen) atoms. The van der Waals surface area contributed by atoms with E-state index in [9.17, 15) is 18.8 Å². The molecule has 1 aliphatic rings. The van der Waals surface area contributed by atoms with E-state index in [1.165, 1.54) is 19.2 Å². The summed E-state index contributed by atoms with van der Waals surface area (Å²) in [5.74, 6) is -1.19. The highest BCUT2D eigenvalue weighted by molar-refractivity contribution is 6.19. The number of benzene rings is 2. The summed E-state index contributed by atoms with van der Waals surface area (Å²) in [5.41, 5.74) is 1.43. The molecule has 140 valence electrons. The average molecular weight is 370 g/mol. The van der Waals surface area contributed by atoms with Gasteiger partial charge in [0.2, 0.25) is 11.8 Å². The van der Waals surface area contributed by atoms with Gasteiger partial charge in [-0.25, -0.2) is 4.39 Å². The predicted molar refractivity (Wildman–Crippen MR) is 97.0 cm³/mol. The summed E-state index contributed by atoms with van der Waals surface area (Å²) >= 11 is 0. The van der Waals surface area contributed by atoms with Crippen LogP contribution >= 0.6 is 0 Å². The molecule has 0 aromatic heterocycles. The molecular formula is C20H19FN2O4. The van der Waals surface area contributed by atoms with E-state index in [0.29, 0.717) is 16.8 Å².